The smallest absolute Gasteiger partial charge is 0.293 e. The number of benzene rings is 2. The third-order valence-electron chi connectivity index (χ3n) is 3.95. The summed E-state index contributed by atoms with van der Waals surface area (Å²) in [5.41, 5.74) is 0.979. The molecule has 0 radical (unpaired) electrons. The zero-order valence-corrected chi connectivity index (χ0v) is 16.8. The first-order valence-corrected chi connectivity index (χ1v) is 9.64. The van der Waals surface area contributed by atoms with Crippen LogP contribution in [0.3, 0.4) is 0 Å². The summed E-state index contributed by atoms with van der Waals surface area (Å²) in [6.45, 7) is 2.16. The molecule has 0 atom stereocenters. The maximum Gasteiger partial charge on any atom is 0.293 e. The van der Waals surface area contributed by atoms with E-state index in [4.69, 9.17) is 21.1 Å². The van der Waals surface area contributed by atoms with E-state index in [0.717, 1.165) is 16.7 Å². The quantitative estimate of drug-likeness (QED) is 0.606. The standard InChI is InChI=1S/C20H17ClFNO4S/c1-3-26-16-9-12(10-17-19(24)23(2)20(25)28-17)8-14(21)18(16)27-11-13-6-4-5-7-15(13)22/h4-10H,3,11H2,1-2H3/b17-10-. The maximum absolute atomic E-state index is 13.8. The molecule has 2 amide bonds. The van der Waals surface area contributed by atoms with Crippen molar-refractivity contribution in [1.29, 1.82) is 0 Å². The third-order valence-corrected chi connectivity index (χ3v) is 5.19. The van der Waals surface area contributed by atoms with Gasteiger partial charge in [-0.05, 0) is 48.5 Å². The molecule has 0 unspecified atom stereocenters. The van der Waals surface area contributed by atoms with Gasteiger partial charge in [0.1, 0.15) is 12.4 Å². The van der Waals surface area contributed by atoms with Gasteiger partial charge in [0, 0.05) is 12.6 Å². The molecule has 3 rings (SSSR count). The van der Waals surface area contributed by atoms with Crippen molar-refractivity contribution in [3.63, 3.8) is 0 Å². The van der Waals surface area contributed by atoms with Crippen LogP contribution in [0.4, 0.5) is 9.18 Å². The Kier molecular flexibility index (Phi) is 6.26. The van der Waals surface area contributed by atoms with E-state index in [1.807, 2.05) is 6.92 Å². The fourth-order valence-electron chi connectivity index (χ4n) is 2.54. The normalized spacial score (nSPS) is 15.4. The van der Waals surface area contributed by atoms with Crippen LogP contribution in [-0.4, -0.2) is 29.7 Å². The second kappa shape index (κ2) is 8.67. The number of carbonyl (C=O) groups is 2. The van der Waals surface area contributed by atoms with Gasteiger partial charge in [0.15, 0.2) is 11.5 Å². The number of amides is 2. The molecule has 28 heavy (non-hydrogen) atoms. The van der Waals surface area contributed by atoms with Crippen LogP contribution in [-0.2, 0) is 11.4 Å². The van der Waals surface area contributed by atoms with Gasteiger partial charge in [-0.15, -0.1) is 0 Å². The molecular formula is C20H17ClFNO4S. The molecule has 1 heterocycles. The molecular weight excluding hydrogens is 405 g/mol. The summed E-state index contributed by atoms with van der Waals surface area (Å²) in [6, 6.07) is 9.56. The Balaban J connectivity index is 1.89. The van der Waals surface area contributed by atoms with Crippen molar-refractivity contribution in [2.75, 3.05) is 13.7 Å². The molecule has 1 saturated heterocycles. The van der Waals surface area contributed by atoms with Gasteiger partial charge in [0.05, 0.1) is 16.5 Å². The molecule has 0 saturated carbocycles. The molecule has 0 spiro atoms. The largest absolute Gasteiger partial charge is 0.490 e. The van der Waals surface area contributed by atoms with Gasteiger partial charge >= 0.3 is 0 Å². The highest BCUT2D eigenvalue weighted by Crippen LogP contribution is 2.39. The van der Waals surface area contributed by atoms with Crippen molar-refractivity contribution >= 4 is 40.6 Å². The minimum Gasteiger partial charge on any atom is -0.490 e. The number of hydrogen-bond acceptors (Lipinski definition) is 5. The van der Waals surface area contributed by atoms with Crippen molar-refractivity contribution in [2.24, 2.45) is 0 Å². The number of imide groups is 1. The maximum atomic E-state index is 13.8. The lowest BCUT2D eigenvalue weighted by molar-refractivity contribution is -0.121. The van der Waals surface area contributed by atoms with Crippen molar-refractivity contribution in [2.45, 2.75) is 13.5 Å². The average molecular weight is 422 g/mol. The lowest BCUT2D eigenvalue weighted by Gasteiger charge is -2.15. The summed E-state index contributed by atoms with van der Waals surface area (Å²) in [6.07, 6.45) is 1.57. The zero-order valence-electron chi connectivity index (χ0n) is 15.2. The third kappa shape index (κ3) is 4.31. The first kappa shape index (κ1) is 20.2. The number of hydrogen-bond donors (Lipinski definition) is 0. The van der Waals surface area contributed by atoms with E-state index >= 15 is 0 Å². The summed E-state index contributed by atoms with van der Waals surface area (Å²) in [4.78, 5) is 25.1. The van der Waals surface area contributed by atoms with Crippen LogP contribution in [0.5, 0.6) is 11.5 Å². The van der Waals surface area contributed by atoms with E-state index in [1.54, 1.807) is 36.4 Å². The van der Waals surface area contributed by atoms with Crippen LogP contribution < -0.4 is 9.47 Å². The molecule has 1 aliphatic heterocycles. The number of halogens is 2. The second-order valence-corrected chi connectivity index (χ2v) is 7.28. The predicted octanol–water partition coefficient (Wildman–Crippen LogP) is 5.12. The molecule has 1 aliphatic rings. The molecule has 2 aromatic rings. The van der Waals surface area contributed by atoms with Gasteiger partial charge in [-0.1, -0.05) is 29.8 Å². The molecule has 2 aromatic carbocycles. The fraction of sp³-hybridized carbons (Fsp3) is 0.200. The second-order valence-electron chi connectivity index (χ2n) is 5.88. The van der Waals surface area contributed by atoms with Crippen LogP contribution in [0.2, 0.25) is 5.02 Å². The lowest BCUT2D eigenvalue weighted by Crippen LogP contribution is -2.22. The molecule has 146 valence electrons. The van der Waals surface area contributed by atoms with Gasteiger partial charge in [-0.3, -0.25) is 14.5 Å². The van der Waals surface area contributed by atoms with Crippen molar-refractivity contribution in [3.05, 3.63) is 63.3 Å². The predicted molar refractivity (Wildman–Crippen MR) is 107 cm³/mol. The summed E-state index contributed by atoms with van der Waals surface area (Å²) >= 11 is 7.22. The SMILES string of the molecule is CCOc1cc(/C=C2\SC(=O)N(C)C2=O)cc(Cl)c1OCc1ccccc1F. The Hall–Kier alpha value is -2.51. The van der Waals surface area contributed by atoms with Crippen LogP contribution in [0.1, 0.15) is 18.1 Å². The zero-order chi connectivity index (χ0) is 20.3. The molecule has 0 bridgehead atoms. The van der Waals surface area contributed by atoms with Gasteiger partial charge < -0.3 is 9.47 Å². The van der Waals surface area contributed by atoms with Crippen LogP contribution >= 0.6 is 23.4 Å². The van der Waals surface area contributed by atoms with E-state index < -0.39 is 0 Å². The Morgan fingerprint density at radius 1 is 1.21 bits per heavy atom. The van der Waals surface area contributed by atoms with Crippen molar-refractivity contribution in [3.8, 4) is 11.5 Å². The number of likely N-dealkylation sites (N-methyl/N-ethyl adjacent to an activating group) is 1. The van der Waals surface area contributed by atoms with E-state index in [-0.39, 0.29) is 34.3 Å². The summed E-state index contributed by atoms with van der Waals surface area (Å²) in [7, 11) is 1.43. The average Bonchev–Trinajstić information content (AvgIpc) is 2.89. The van der Waals surface area contributed by atoms with Gasteiger partial charge in [0.25, 0.3) is 11.1 Å². The Bertz CT molecular complexity index is 963. The summed E-state index contributed by atoms with van der Waals surface area (Å²) in [5.74, 6) is -0.0895. The van der Waals surface area contributed by atoms with Crippen molar-refractivity contribution in [1.82, 2.24) is 4.90 Å². The molecule has 5 nitrogen and oxygen atoms in total. The minimum absolute atomic E-state index is 0.0134. The molecule has 0 aromatic heterocycles. The van der Waals surface area contributed by atoms with Crippen LogP contribution in [0.15, 0.2) is 41.3 Å². The monoisotopic (exact) mass is 421 g/mol. The van der Waals surface area contributed by atoms with Crippen molar-refractivity contribution < 1.29 is 23.5 Å². The van der Waals surface area contributed by atoms with Gasteiger partial charge in [-0.25, -0.2) is 4.39 Å². The number of rotatable bonds is 6. The number of carbonyl (C=O) groups excluding carboxylic acids is 2. The highest BCUT2D eigenvalue weighted by molar-refractivity contribution is 8.18. The van der Waals surface area contributed by atoms with E-state index in [1.165, 1.54) is 13.1 Å². The molecule has 8 heteroatoms. The van der Waals surface area contributed by atoms with E-state index in [9.17, 15) is 14.0 Å². The fourth-order valence-corrected chi connectivity index (χ4v) is 3.64. The Morgan fingerprint density at radius 3 is 2.61 bits per heavy atom. The van der Waals surface area contributed by atoms with E-state index in [0.29, 0.717) is 28.4 Å². The summed E-state index contributed by atoms with van der Waals surface area (Å²) in [5, 5.41) is -0.0820. The minimum atomic E-state index is -0.372. The van der Waals surface area contributed by atoms with Crippen LogP contribution in [0.25, 0.3) is 6.08 Å². The topological polar surface area (TPSA) is 55.8 Å². The molecule has 1 fully saturated rings. The lowest BCUT2D eigenvalue weighted by atomic mass is 10.1. The highest BCUT2D eigenvalue weighted by Gasteiger charge is 2.31. The highest BCUT2D eigenvalue weighted by atomic mass is 35.5. The number of thioether (sulfide) groups is 1. The first-order valence-electron chi connectivity index (χ1n) is 8.44. The first-order chi connectivity index (χ1) is 13.4. The Morgan fingerprint density at radius 2 is 1.96 bits per heavy atom. The number of ether oxygens (including phenoxy) is 2. The van der Waals surface area contributed by atoms with Gasteiger partial charge in [0.2, 0.25) is 0 Å². The van der Waals surface area contributed by atoms with E-state index in [2.05, 4.69) is 0 Å². The molecule has 0 N–H and O–H groups in total. The molecule has 0 aliphatic carbocycles. The number of nitrogens with zero attached hydrogens (tertiary/aromatic N) is 1. The Labute approximate surface area is 171 Å². The summed E-state index contributed by atoms with van der Waals surface area (Å²) < 4.78 is 25.1. The van der Waals surface area contributed by atoms with Crippen LogP contribution in [0, 0.1) is 5.82 Å². The van der Waals surface area contributed by atoms with Gasteiger partial charge in [-0.2, -0.15) is 0 Å².